The van der Waals surface area contributed by atoms with Gasteiger partial charge in [-0.05, 0) is 29.0 Å². The third-order valence-electron chi connectivity index (χ3n) is 2.82. The van der Waals surface area contributed by atoms with Crippen LogP contribution in [0.4, 0.5) is 5.69 Å². The van der Waals surface area contributed by atoms with Gasteiger partial charge in [-0.3, -0.25) is 4.99 Å². The van der Waals surface area contributed by atoms with Gasteiger partial charge >= 0.3 is 0 Å². The summed E-state index contributed by atoms with van der Waals surface area (Å²) in [6.45, 7) is 0. The lowest BCUT2D eigenvalue weighted by atomic mass is 10.1. The highest BCUT2D eigenvalue weighted by atomic mass is 14.7. The number of hydrogen-bond donors (Lipinski definition) is 0. The van der Waals surface area contributed by atoms with Crippen LogP contribution in [0.2, 0.25) is 0 Å². The second-order valence-corrected chi connectivity index (χ2v) is 4.11. The molecule has 0 aliphatic heterocycles. The first-order valence-corrected chi connectivity index (χ1v) is 5.91. The van der Waals surface area contributed by atoms with Gasteiger partial charge in [-0.2, -0.15) is 0 Å². The molecule has 0 atom stereocenters. The Balaban J connectivity index is 1.93. The fourth-order valence-corrected chi connectivity index (χ4v) is 1.89. The van der Waals surface area contributed by atoms with Crippen LogP contribution < -0.4 is 0 Å². The van der Waals surface area contributed by atoms with E-state index in [9.17, 15) is 0 Å². The quantitative estimate of drug-likeness (QED) is 0.579. The average molecular weight is 230 g/mol. The molecule has 0 spiro atoms. The lowest BCUT2D eigenvalue weighted by Gasteiger charge is -1.98. The van der Waals surface area contributed by atoms with Crippen LogP contribution in [-0.4, -0.2) is 6.21 Å². The Kier molecular flexibility index (Phi) is 2.89. The Morgan fingerprint density at radius 2 is 1.67 bits per heavy atom. The van der Waals surface area contributed by atoms with E-state index in [-0.39, 0.29) is 0 Å². The minimum atomic E-state index is 0.964. The van der Waals surface area contributed by atoms with Crippen LogP contribution in [0.5, 0.6) is 0 Å². The van der Waals surface area contributed by atoms with E-state index in [2.05, 4.69) is 35.3 Å². The summed E-state index contributed by atoms with van der Waals surface area (Å²) in [6.07, 6.45) is 1.84. The van der Waals surface area contributed by atoms with Crippen molar-refractivity contribution < 1.29 is 0 Å². The fourth-order valence-electron chi connectivity index (χ4n) is 1.89. The molecular weight excluding hydrogens is 218 g/mol. The van der Waals surface area contributed by atoms with Crippen LogP contribution in [0.3, 0.4) is 0 Å². The number of rotatable bonds is 2. The van der Waals surface area contributed by atoms with Crippen LogP contribution in [-0.2, 0) is 0 Å². The summed E-state index contributed by atoms with van der Waals surface area (Å²) in [5.74, 6) is 0. The van der Waals surface area contributed by atoms with Crippen molar-refractivity contribution in [3.63, 3.8) is 0 Å². The van der Waals surface area contributed by atoms with Crippen molar-refractivity contribution >= 4 is 22.7 Å². The highest BCUT2D eigenvalue weighted by Gasteiger charge is 1.93. The monoisotopic (exact) mass is 230 g/mol. The van der Waals surface area contributed by atoms with Crippen LogP contribution in [0.15, 0.2) is 71.7 Å². The smallest absolute Gasteiger partial charge is 0.0636 e. The normalized spacial score (nSPS) is 11.1. The summed E-state index contributed by atoms with van der Waals surface area (Å²) in [6, 6.07) is 25.5. The Hall–Kier alpha value is -2.41. The summed E-state index contributed by atoms with van der Waals surface area (Å²) in [4.78, 5) is 4.47. The SMILES string of the molecule is [c]1ccccc1C=Nc1ccc2ccccc2c1. The van der Waals surface area contributed by atoms with Gasteiger partial charge in [0.1, 0.15) is 0 Å². The van der Waals surface area contributed by atoms with Crippen LogP contribution >= 0.6 is 0 Å². The number of benzene rings is 3. The summed E-state index contributed by atoms with van der Waals surface area (Å²) in [5.41, 5.74) is 1.96. The topological polar surface area (TPSA) is 12.4 Å². The van der Waals surface area contributed by atoms with E-state index in [1.165, 1.54) is 10.8 Å². The van der Waals surface area contributed by atoms with E-state index in [1.807, 2.05) is 48.7 Å². The zero-order valence-electron chi connectivity index (χ0n) is 9.88. The van der Waals surface area contributed by atoms with Crippen molar-refractivity contribution in [2.45, 2.75) is 0 Å². The molecule has 0 fully saturated rings. The van der Waals surface area contributed by atoms with E-state index in [0.717, 1.165) is 11.3 Å². The van der Waals surface area contributed by atoms with Crippen molar-refractivity contribution in [1.82, 2.24) is 0 Å². The molecule has 0 unspecified atom stereocenters. The molecule has 0 aliphatic carbocycles. The molecule has 0 aromatic heterocycles. The molecule has 1 heteroatoms. The number of aliphatic imine (C=N–C) groups is 1. The summed E-state index contributed by atoms with van der Waals surface area (Å²) >= 11 is 0. The lowest BCUT2D eigenvalue weighted by molar-refractivity contribution is 1.54. The average Bonchev–Trinajstić information content (AvgIpc) is 2.46. The molecule has 3 rings (SSSR count). The molecule has 0 N–H and O–H groups in total. The van der Waals surface area contributed by atoms with Crippen LogP contribution in [0.25, 0.3) is 10.8 Å². The molecule has 18 heavy (non-hydrogen) atoms. The largest absolute Gasteiger partial charge is 0.256 e. The number of fused-ring (bicyclic) bond motifs is 1. The zero-order valence-corrected chi connectivity index (χ0v) is 9.88. The van der Waals surface area contributed by atoms with Crippen molar-refractivity contribution in [3.05, 3.63) is 78.4 Å². The minimum Gasteiger partial charge on any atom is -0.256 e. The molecule has 0 aliphatic rings. The fraction of sp³-hybridized carbons (Fsp3) is 0. The Bertz CT molecular complexity index is 684. The third kappa shape index (κ3) is 2.30. The maximum atomic E-state index is 4.47. The van der Waals surface area contributed by atoms with Crippen LogP contribution in [0, 0.1) is 6.07 Å². The molecule has 85 valence electrons. The summed E-state index contributed by atoms with van der Waals surface area (Å²) in [5, 5.41) is 2.45. The molecule has 0 bridgehead atoms. The standard InChI is InChI=1S/C17H12N/c1-2-6-14(7-3-1)13-18-17-11-10-15-8-4-5-9-16(15)12-17/h1-6,8-13H. The van der Waals surface area contributed by atoms with Gasteiger partial charge in [0.2, 0.25) is 0 Å². The van der Waals surface area contributed by atoms with Crippen molar-refractivity contribution in [2.24, 2.45) is 4.99 Å². The maximum Gasteiger partial charge on any atom is 0.0636 e. The number of hydrogen-bond acceptors (Lipinski definition) is 1. The third-order valence-corrected chi connectivity index (χ3v) is 2.82. The van der Waals surface area contributed by atoms with E-state index in [4.69, 9.17) is 0 Å². The van der Waals surface area contributed by atoms with E-state index in [1.54, 1.807) is 0 Å². The first-order chi connectivity index (χ1) is 8.92. The van der Waals surface area contributed by atoms with E-state index in [0.29, 0.717) is 0 Å². The van der Waals surface area contributed by atoms with Crippen molar-refractivity contribution in [2.75, 3.05) is 0 Å². The minimum absolute atomic E-state index is 0.964. The molecule has 3 aromatic carbocycles. The van der Waals surface area contributed by atoms with Crippen molar-refractivity contribution in [3.8, 4) is 0 Å². The second kappa shape index (κ2) is 4.84. The van der Waals surface area contributed by atoms with Crippen LogP contribution in [0.1, 0.15) is 5.56 Å². The molecule has 0 amide bonds. The predicted molar refractivity (Wildman–Crippen MR) is 76.5 cm³/mol. The molecule has 0 saturated carbocycles. The molecule has 1 radical (unpaired) electrons. The first-order valence-electron chi connectivity index (χ1n) is 5.91. The molecule has 0 heterocycles. The van der Waals surface area contributed by atoms with Gasteiger partial charge in [-0.1, -0.05) is 54.6 Å². The van der Waals surface area contributed by atoms with Crippen molar-refractivity contribution in [1.29, 1.82) is 0 Å². The Labute approximate surface area is 106 Å². The van der Waals surface area contributed by atoms with E-state index >= 15 is 0 Å². The highest BCUT2D eigenvalue weighted by molar-refractivity contribution is 5.87. The zero-order chi connectivity index (χ0) is 12.2. The van der Waals surface area contributed by atoms with Gasteiger partial charge in [0.05, 0.1) is 5.69 Å². The molecule has 3 aromatic rings. The predicted octanol–water partition coefficient (Wildman–Crippen LogP) is 4.39. The van der Waals surface area contributed by atoms with Gasteiger partial charge in [0.25, 0.3) is 0 Å². The number of nitrogens with zero attached hydrogens (tertiary/aromatic N) is 1. The lowest BCUT2D eigenvalue weighted by Crippen LogP contribution is -1.78. The molecule has 0 saturated heterocycles. The van der Waals surface area contributed by atoms with Gasteiger partial charge < -0.3 is 0 Å². The maximum absolute atomic E-state index is 4.47. The Morgan fingerprint density at radius 1 is 0.833 bits per heavy atom. The van der Waals surface area contributed by atoms with Gasteiger partial charge in [0, 0.05) is 11.8 Å². The first kappa shape index (κ1) is 10.7. The summed E-state index contributed by atoms with van der Waals surface area (Å²) < 4.78 is 0. The van der Waals surface area contributed by atoms with Gasteiger partial charge in [0.15, 0.2) is 0 Å². The highest BCUT2D eigenvalue weighted by Crippen LogP contribution is 2.20. The molecule has 1 nitrogen and oxygen atoms in total. The Morgan fingerprint density at radius 3 is 2.50 bits per heavy atom. The van der Waals surface area contributed by atoms with Gasteiger partial charge in [-0.15, -0.1) is 0 Å². The van der Waals surface area contributed by atoms with E-state index < -0.39 is 0 Å². The summed E-state index contributed by atoms with van der Waals surface area (Å²) in [7, 11) is 0. The second-order valence-electron chi connectivity index (χ2n) is 4.11. The van der Waals surface area contributed by atoms with Gasteiger partial charge in [-0.25, -0.2) is 0 Å². The molecular formula is C17H12N.